The van der Waals surface area contributed by atoms with E-state index in [1.54, 1.807) is 0 Å². The molecule has 0 heterocycles. The highest BCUT2D eigenvalue weighted by Gasteiger charge is 2.28. The normalized spacial score (nSPS) is 29.5. The second-order valence-electron chi connectivity index (χ2n) is 3.43. The molecule has 0 aromatic rings. The Morgan fingerprint density at radius 3 is 3.09 bits per heavy atom. The van der Waals surface area contributed by atoms with Crippen molar-refractivity contribution in [3.8, 4) is 0 Å². The van der Waals surface area contributed by atoms with Crippen LogP contribution in [0, 0.1) is 5.92 Å². The minimum absolute atomic E-state index is 0.253. The predicted molar refractivity (Wildman–Crippen MR) is 44.2 cm³/mol. The fourth-order valence-corrected chi connectivity index (χ4v) is 1.91. The largest absolute Gasteiger partial charge is 0.294 e. The molecule has 2 aliphatic rings. The van der Waals surface area contributed by atoms with Crippen LogP contribution in [0.2, 0.25) is 0 Å². The van der Waals surface area contributed by atoms with Gasteiger partial charge in [-0.3, -0.25) is 4.79 Å². The van der Waals surface area contributed by atoms with Crippen LogP contribution in [0.4, 0.5) is 0 Å². The number of carbonyl (C=O) groups excluding carboxylic acids is 1. The number of hydrogen-bond donors (Lipinski definition) is 0. The predicted octanol–water partition coefficient (Wildman–Crippen LogP) is 2.24. The zero-order valence-electron chi connectivity index (χ0n) is 6.76. The average Bonchev–Trinajstić information content (AvgIpc) is 2.30. The molecule has 0 bridgehead atoms. The molecule has 0 radical (unpaired) electrons. The van der Waals surface area contributed by atoms with E-state index in [-0.39, 0.29) is 5.92 Å². The second kappa shape index (κ2) is 2.33. The Morgan fingerprint density at radius 2 is 2.36 bits per heavy atom. The summed E-state index contributed by atoms with van der Waals surface area (Å²) in [5.41, 5.74) is 2.41. The number of carbonyl (C=O) groups is 1. The van der Waals surface area contributed by atoms with Crippen LogP contribution in [0.5, 0.6) is 0 Å². The highest BCUT2D eigenvalue weighted by atomic mass is 16.1. The lowest BCUT2D eigenvalue weighted by Crippen LogP contribution is -2.04. The molecule has 0 fully saturated rings. The van der Waals surface area contributed by atoms with Gasteiger partial charge in [0.1, 0.15) is 0 Å². The molecule has 1 unspecified atom stereocenters. The third kappa shape index (κ3) is 0.953. The van der Waals surface area contributed by atoms with Crippen LogP contribution >= 0.6 is 0 Å². The van der Waals surface area contributed by atoms with Crippen molar-refractivity contribution in [3.05, 3.63) is 23.3 Å². The number of allylic oxidation sites excluding steroid dienone is 4. The molecule has 1 heteroatoms. The van der Waals surface area contributed by atoms with Crippen LogP contribution in [0.3, 0.4) is 0 Å². The molecule has 0 amide bonds. The summed E-state index contributed by atoms with van der Waals surface area (Å²) in [4.78, 5) is 11.4. The molecule has 58 valence electrons. The van der Waals surface area contributed by atoms with Gasteiger partial charge in [-0.1, -0.05) is 24.6 Å². The third-order valence-electron chi connectivity index (χ3n) is 2.54. The van der Waals surface area contributed by atoms with E-state index in [2.05, 4.69) is 6.08 Å². The van der Waals surface area contributed by atoms with Gasteiger partial charge in [-0.05, 0) is 19.3 Å². The maximum absolute atomic E-state index is 11.4. The highest BCUT2D eigenvalue weighted by Crippen LogP contribution is 2.34. The van der Waals surface area contributed by atoms with Gasteiger partial charge in [-0.2, -0.15) is 0 Å². The van der Waals surface area contributed by atoms with Crippen molar-refractivity contribution in [2.75, 3.05) is 0 Å². The molecule has 0 spiro atoms. The van der Waals surface area contributed by atoms with E-state index in [0.717, 1.165) is 24.8 Å². The summed E-state index contributed by atoms with van der Waals surface area (Å²) < 4.78 is 0. The maximum Gasteiger partial charge on any atom is 0.165 e. The van der Waals surface area contributed by atoms with E-state index in [1.165, 1.54) is 5.57 Å². The van der Waals surface area contributed by atoms with Gasteiger partial charge in [0, 0.05) is 11.5 Å². The third-order valence-corrected chi connectivity index (χ3v) is 2.54. The second-order valence-corrected chi connectivity index (χ2v) is 3.43. The van der Waals surface area contributed by atoms with E-state index >= 15 is 0 Å². The lowest BCUT2D eigenvalue weighted by Gasteiger charge is -2.04. The number of ketones is 1. The minimum Gasteiger partial charge on any atom is -0.294 e. The van der Waals surface area contributed by atoms with E-state index in [1.807, 2.05) is 13.0 Å². The lowest BCUT2D eigenvalue weighted by atomic mass is 10.0. The first-order valence-electron chi connectivity index (χ1n) is 4.22. The number of rotatable bonds is 0. The van der Waals surface area contributed by atoms with Crippen LogP contribution in [-0.4, -0.2) is 5.78 Å². The molecule has 0 saturated carbocycles. The van der Waals surface area contributed by atoms with Crippen molar-refractivity contribution in [2.24, 2.45) is 5.92 Å². The van der Waals surface area contributed by atoms with Crippen LogP contribution in [0.15, 0.2) is 23.3 Å². The molecule has 0 aromatic carbocycles. The summed E-state index contributed by atoms with van der Waals surface area (Å²) >= 11 is 0. The van der Waals surface area contributed by atoms with Gasteiger partial charge in [0.25, 0.3) is 0 Å². The Labute approximate surface area is 66.8 Å². The molecule has 2 rings (SSSR count). The van der Waals surface area contributed by atoms with Gasteiger partial charge in [0.2, 0.25) is 0 Å². The van der Waals surface area contributed by atoms with Crippen molar-refractivity contribution in [2.45, 2.75) is 26.2 Å². The van der Waals surface area contributed by atoms with E-state index < -0.39 is 0 Å². The van der Waals surface area contributed by atoms with Crippen molar-refractivity contribution < 1.29 is 4.79 Å². The molecule has 2 aliphatic carbocycles. The summed E-state index contributed by atoms with van der Waals surface area (Å²) in [7, 11) is 0. The summed E-state index contributed by atoms with van der Waals surface area (Å²) in [6.07, 6.45) is 7.36. The van der Waals surface area contributed by atoms with Gasteiger partial charge in [-0.25, -0.2) is 0 Å². The van der Waals surface area contributed by atoms with Crippen LogP contribution in [0.1, 0.15) is 26.2 Å². The molecule has 11 heavy (non-hydrogen) atoms. The van der Waals surface area contributed by atoms with Gasteiger partial charge in [0.15, 0.2) is 5.78 Å². The number of Topliss-reactive ketones (excluding diaryl/α,β-unsaturated/α-hetero) is 1. The molecule has 0 aromatic heterocycles. The molecule has 0 saturated heterocycles. The van der Waals surface area contributed by atoms with E-state index in [0.29, 0.717) is 5.78 Å². The summed E-state index contributed by atoms with van der Waals surface area (Å²) in [5, 5.41) is 0. The Morgan fingerprint density at radius 1 is 1.55 bits per heavy atom. The SMILES string of the molecule is CC1CC2=C(C=CCC2)C1=O. The van der Waals surface area contributed by atoms with Gasteiger partial charge in [-0.15, -0.1) is 0 Å². The minimum atomic E-state index is 0.253. The highest BCUT2D eigenvalue weighted by molar-refractivity contribution is 6.03. The first-order valence-corrected chi connectivity index (χ1v) is 4.22. The Kier molecular flexibility index (Phi) is 1.45. The van der Waals surface area contributed by atoms with Crippen LogP contribution < -0.4 is 0 Å². The van der Waals surface area contributed by atoms with Crippen molar-refractivity contribution in [3.63, 3.8) is 0 Å². The van der Waals surface area contributed by atoms with E-state index in [9.17, 15) is 4.79 Å². The molecular weight excluding hydrogens is 136 g/mol. The summed E-state index contributed by atoms with van der Waals surface area (Å²) in [5.74, 6) is 0.610. The summed E-state index contributed by atoms with van der Waals surface area (Å²) in [6, 6.07) is 0. The summed E-state index contributed by atoms with van der Waals surface area (Å²) in [6.45, 7) is 2.02. The first-order chi connectivity index (χ1) is 5.29. The Hall–Kier alpha value is -0.850. The van der Waals surface area contributed by atoms with E-state index in [4.69, 9.17) is 0 Å². The van der Waals surface area contributed by atoms with Crippen molar-refractivity contribution in [1.29, 1.82) is 0 Å². The fraction of sp³-hybridized carbons (Fsp3) is 0.500. The van der Waals surface area contributed by atoms with Gasteiger partial charge >= 0.3 is 0 Å². The Bertz CT molecular complexity index is 258. The average molecular weight is 148 g/mol. The number of hydrogen-bond acceptors (Lipinski definition) is 1. The van der Waals surface area contributed by atoms with Crippen molar-refractivity contribution >= 4 is 5.78 Å². The van der Waals surface area contributed by atoms with Crippen molar-refractivity contribution in [1.82, 2.24) is 0 Å². The molecule has 1 nitrogen and oxygen atoms in total. The Balaban J connectivity index is 2.35. The fourth-order valence-electron chi connectivity index (χ4n) is 1.91. The van der Waals surface area contributed by atoms with Gasteiger partial charge in [0.05, 0.1) is 0 Å². The monoisotopic (exact) mass is 148 g/mol. The first kappa shape index (κ1) is 6.84. The van der Waals surface area contributed by atoms with Crippen LogP contribution in [-0.2, 0) is 4.79 Å². The maximum atomic E-state index is 11.4. The smallest absolute Gasteiger partial charge is 0.165 e. The quantitative estimate of drug-likeness (QED) is 0.515. The topological polar surface area (TPSA) is 17.1 Å². The van der Waals surface area contributed by atoms with Gasteiger partial charge < -0.3 is 0 Å². The molecular formula is C10H12O. The molecule has 0 aliphatic heterocycles. The zero-order chi connectivity index (χ0) is 7.84. The lowest BCUT2D eigenvalue weighted by molar-refractivity contribution is -0.117. The van der Waals surface area contributed by atoms with Crippen LogP contribution in [0.25, 0.3) is 0 Å². The zero-order valence-corrected chi connectivity index (χ0v) is 6.76. The molecule has 1 atom stereocenters. The molecule has 0 N–H and O–H groups in total. The standard InChI is InChI=1S/C10H12O/c1-7-6-8-4-2-3-5-9(8)10(7)11/h3,5,7H,2,4,6H2,1H3.